The van der Waals surface area contributed by atoms with Gasteiger partial charge in [-0.25, -0.2) is 14.3 Å². The molecule has 1 aliphatic rings. The van der Waals surface area contributed by atoms with Gasteiger partial charge in [-0.05, 0) is 58.3 Å². The zero-order valence-electron chi connectivity index (χ0n) is 22.4. The Morgan fingerprint density at radius 2 is 1.43 bits per heavy atom. The Morgan fingerprint density at radius 1 is 0.825 bits per heavy atom. The minimum absolute atomic E-state index is 0.194. The fourth-order valence-corrected chi connectivity index (χ4v) is 4.67. The summed E-state index contributed by atoms with van der Waals surface area (Å²) in [5.74, 6) is -0.366. The molecule has 1 saturated heterocycles. The Bertz CT molecular complexity index is 1430. The lowest BCUT2D eigenvalue weighted by molar-refractivity contribution is -0.253. The standard InChI is InChI=1S/C30H30N4O6/c1-19-20(2)26(38-28(35)22-10-6-4-7-11-22)30(40-29(36)23-12-8-5-9-13-23)39-25(19)27-31-32-33-34(27)18-21-14-16-24(37-3)17-15-21/h4-17,19-20,25-26,30H,18H2,1-3H3/t19-,20+,25?,26?,30?/m1/s1. The molecular weight excluding hydrogens is 512 g/mol. The predicted molar refractivity (Wildman–Crippen MR) is 143 cm³/mol. The minimum Gasteiger partial charge on any atom is -0.497 e. The van der Waals surface area contributed by atoms with Gasteiger partial charge in [-0.3, -0.25) is 0 Å². The van der Waals surface area contributed by atoms with Crippen LogP contribution >= 0.6 is 0 Å². The third-order valence-electron chi connectivity index (χ3n) is 7.16. The third-order valence-corrected chi connectivity index (χ3v) is 7.16. The Balaban J connectivity index is 1.41. The molecule has 0 saturated carbocycles. The maximum atomic E-state index is 13.1. The second-order valence-electron chi connectivity index (χ2n) is 9.69. The molecule has 3 unspecified atom stereocenters. The smallest absolute Gasteiger partial charge is 0.340 e. The van der Waals surface area contributed by atoms with Crippen LogP contribution in [0.15, 0.2) is 84.9 Å². The summed E-state index contributed by atoms with van der Waals surface area (Å²) in [5, 5.41) is 12.3. The molecule has 0 amide bonds. The van der Waals surface area contributed by atoms with E-state index < -0.39 is 30.4 Å². The van der Waals surface area contributed by atoms with Gasteiger partial charge in [-0.2, -0.15) is 0 Å². The van der Waals surface area contributed by atoms with Crippen LogP contribution in [-0.4, -0.2) is 51.6 Å². The highest BCUT2D eigenvalue weighted by Crippen LogP contribution is 2.41. The Hall–Kier alpha value is -4.57. The van der Waals surface area contributed by atoms with Gasteiger partial charge in [-0.1, -0.05) is 62.4 Å². The van der Waals surface area contributed by atoms with Crippen LogP contribution in [0.25, 0.3) is 0 Å². The van der Waals surface area contributed by atoms with Crippen LogP contribution in [0.1, 0.15) is 52.1 Å². The van der Waals surface area contributed by atoms with E-state index in [2.05, 4.69) is 15.5 Å². The summed E-state index contributed by atoms with van der Waals surface area (Å²) in [5.41, 5.74) is 1.71. The molecule has 10 heteroatoms. The molecule has 1 aromatic heterocycles. The Labute approximate surface area is 231 Å². The zero-order chi connectivity index (χ0) is 28.1. The summed E-state index contributed by atoms with van der Waals surface area (Å²) < 4.78 is 25.0. The summed E-state index contributed by atoms with van der Waals surface area (Å²) in [7, 11) is 1.61. The minimum atomic E-state index is -1.19. The van der Waals surface area contributed by atoms with Crippen LogP contribution in [0.3, 0.4) is 0 Å². The first-order valence-electron chi connectivity index (χ1n) is 13.0. The predicted octanol–water partition coefficient (Wildman–Crippen LogP) is 4.48. The number of nitrogens with zero attached hydrogens (tertiary/aromatic N) is 4. The molecule has 3 aromatic carbocycles. The number of methoxy groups -OCH3 is 1. The van der Waals surface area contributed by atoms with Gasteiger partial charge in [0.05, 0.1) is 24.8 Å². The average molecular weight is 543 g/mol. The number of rotatable bonds is 8. The van der Waals surface area contributed by atoms with Crippen LogP contribution in [0.5, 0.6) is 5.75 Å². The largest absolute Gasteiger partial charge is 0.497 e. The summed E-state index contributed by atoms with van der Waals surface area (Å²) in [6.45, 7) is 4.30. The second-order valence-corrected chi connectivity index (χ2v) is 9.69. The molecule has 4 aromatic rings. The van der Waals surface area contributed by atoms with Crippen LogP contribution < -0.4 is 4.74 Å². The Kier molecular flexibility index (Phi) is 8.16. The van der Waals surface area contributed by atoms with Crippen LogP contribution in [0, 0.1) is 11.8 Å². The van der Waals surface area contributed by atoms with Gasteiger partial charge in [0.2, 0.25) is 6.29 Å². The van der Waals surface area contributed by atoms with Gasteiger partial charge in [0, 0.05) is 5.92 Å². The summed E-state index contributed by atoms with van der Waals surface area (Å²) in [4.78, 5) is 26.1. The van der Waals surface area contributed by atoms with Crippen molar-refractivity contribution in [2.24, 2.45) is 11.8 Å². The van der Waals surface area contributed by atoms with E-state index in [4.69, 9.17) is 18.9 Å². The van der Waals surface area contributed by atoms with Gasteiger partial charge in [0.1, 0.15) is 11.9 Å². The van der Waals surface area contributed by atoms with Crippen LogP contribution in [0.4, 0.5) is 0 Å². The van der Waals surface area contributed by atoms with E-state index in [1.165, 1.54) is 0 Å². The normalized spacial score (nSPS) is 22.3. The number of aromatic nitrogens is 4. The summed E-state index contributed by atoms with van der Waals surface area (Å²) in [6, 6.07) is 24.8. The molecule has 0 bridgehead atoms. The number of hydrogen-bond acceptors (Lipinski definition) is 9. The van der Waals surface area contributed by atoms with E-state index in [1.54, 1.807) is 66.4 Å². The number of esters is 2. The highest BCUT2D eigenvalue weighted by molar-refractivity contribution is 5.90. The summed E-state index contributed by atoms with van der Waals surface area (Å²) in [6.07, 6.45) is -2.69. The molecule has 0 aliphatic carbocycles. The van der Waals surface area contributed by atoms with Crippen molar-refractivity contribution in [2.75, 3.05) is 7.11 Å². The van der Waals surface area contributed by atoms with Crippen molar-refractivity contribution in [2.45, 2.75) is 38.9 Å². The van der Waals surface area contributed by atoms with Crippen molar-refractivity contribution in [1.29, 1.82) is 0 Å². The molecule has 5 rings (SSSR count). The SMILES string of the molecule is COc1ccc(Cn2nnnc2C2OC(OC(=O)c3ccccc3)C(OC(=O)c3ccccc3)[C@@H](C)[C@H]2C)cc1. The Morgan fingerprint density at radius 3 is 2.02 bits per heavy atom. The van der Waals surface area contributed by atoms with Gasteiger partial charge >= 0.3 is 11.9 Å². The topological polar surface area (TPSA) is 115 Å². The van der Waals surface area contributed by atoms with E-state index in [0.717, 1.165) is 11.3 Å². The molecule has 5 atom stereocenters. The van der Waals surface area contributed by atoms with E-state index in [1.807, 2.05) is 44.2 Å². The summed E-state index contributed by atoms with van der Waals surface area (Å²) >= 11 is 0. The van der Waals surface area contributed by atoms with Crippen molar-refractivity contribution < 1.29 is 28.5 Å². The maximum absolute atomic E-state index is 13.1. The highest BCUT2D eigenvalue weighted by atomic mass is 16.7. The highest BCUT2D eigenvalue weighted by Gasteiger charge is 2.48. The van der Waals surface area contributed by atoms with Crippen molar-refractivity contribution in [3.63, 3.8) is 0 Å². The lowest BCUT2D eigenvalue weighted by Crippen LogP contribution is -2.50. The lowest BCUT2D eigenvalue weighted by Gasteiger charge is -2.42. The molecule has 2 heterocycles. The third kappa shape index (κ3) is 5.86. The molecule has 0 radical (unpaired) electrons. The van der Waals surface area contributed by atoms with Gasteiger partial charge in [-0.15, -0.1) is 5.10 Å². The molecular formula is C30H30N4O6. The molecule has 1 aliphatic heterocycles. The molecule has 206 valence electrons. The molecule has 40 heavy (non-hydrogen) atoms. The van der Waals surface area contributed by atoms with Crippen molar-refractivity contribution in [3.05, 3.63) is 107 Å². The number of tetrazole rings is 1. The monoisotopic (exact) mass is 542 g/mol. The van der Waals surface area contributed by atoms with E-state index >= 15 is 0 Å². The number of ether oxygens (including phenoxy) is 4. The van der Waals surface area contributed by atoms with Gasteiger partial charge in [0.15, 0.2) is 11.9 Å². The van der Waals surface area contributed by atoms with Crippen molar-refractivity contribution >= 4 is 11.9 Å². The molecule has 0 N–H and O–H groups in total. The molecule has 10 nitrogen and oxygen atoms in total. The fraction of sp³-hybridized carbons (Fsp3) is 0.300. The first kappa shape index (κ1) is 27.0. The fourth-order valence-electron chi connectivity index (χ4n) is 4.67. The zero-order valence-corrected chi connectivity index (χ0v) is 22.4. The maximum Gasteiger partial charge on any atom is 0.340 e. The second kappa shape index (κ2) is 12.1. The number of hydrogen-bond donors (Lipinski definition) is 0. The van der Waals surface area contributed by atoms with E-state index in [9.17, 15) is 9.59 Å². The average Bonchev–Trinajstić information content (AvgIpc) is 3.45. The van der Waals surface area contributed by atoms with Crippen molar-refractivity contribution in [3.8, 4) is 5.75 Å². The van der Waals surface area contributed by atoms with Crippen LogP contribution in [0.2, 0.25) is 0 Å². The quantitative estimate of drug-likeness (QED) is 0.297. The van der Waals surface area contributed by atoms with Crippen LogP contribution in [-0.2, 0) is 20.8 Å². The molecule has 0 spiro atoms. The van der Waals surface area contributed by atoms with E-state index in [-0.39, 0.29) is 11.8 Å². The van der Waals surface area contributed by atoms with Crippen molar-refractivity contribution in [1.82, 2.24) is 20.2 Å². The first-order chi connectivity index (χ1) is 19.4. The van der Waals surface area contributed by atoms with Gasteiger partial charge in [0.25, 0.3) is 0 Å². The lowest BCUT2D eigenvalue weighted by atomic mass is 9.83. The molecule has 1 fully saturated rings. The number of benzene rings is 3. The van der Waals surface area contributed by atoms with E-state index in [0.29, 0.717) is 23.5 Å². The number of carbonyl (C=O) groups excluding carboxylic acids is 2. The van der Waals surface area contributed by atoms with Gasteiger partial charge < -0.3 is 18.9 Å². The number of carbonyl (C=O) groups is 2. The first-order valence-corrected chi connectivity index (χ1v) is 13.0.